The zero-order valence-corrected chi connectivity index (χ0v) is 16.9. The maximum atomic E-state index is 12.5. The molecule has 4 aliphatic rings. The average molecular weight is 389 g/mol. The Morgan fingerprint density at radius 1 is 1.25 bits per heavy atom. The topological polar surface area (TPSA) is 80.5 Å². The summed E-state index contributed by atoms with van der Waals surface area (Å²) in [5, 5.41) is 11.3. The molecule has 154 valence electrons. The van der Waals surface area contributed by atoms with Crippen molar-refractivity contribution in [3.63, 3.8) is 0 Å². The van der Waals surface area contributed by atoms with Crippen LogP contribution in [0.1, 0.15) is 63.1 Å². The summed E-state index contributed by atoms with van der Waals surface area (Å²) >= 11 is 0. The second-order valence-corrected chi connectivity index (χ2v) is 9.43. The van der Waals surface area contributed by atoms with Gasteiger partial charge in [-0.2, -0.15) is 0 Å². The molecule has 2 bridgehead atoms. The minimum atomic E-state index is -0.0293. The fourth-order valence-corrected chi connectivity index (χ4v) is 6.23. The summed E-state index contributed by atoms with van der Waals surface area (Å²) in [5.74, 6) is 3.05. The maximum absolute atomic E-state index is 12.5. The van der Waals surface area contributed by atoms with Crippen LogP contribution in [0.5, 0.6) is 0 Å². The molecule has 7 nitrogen and oxygen atoms in total. The highest BCUT2D eigenvalue weighted by Gasteiger charge is 2.62. The molecule has 0 radical (unpaired) electrons. The van der Waals surface area contributed by atoms with Crippen LogP contribution in [0.3, 0.4) is 0 Å². The number of aryl methyl sites for hydroxylation is 1. The second-order valence-electron chi connectivity index (χ2n) is 9.43. The third kappa shape index (κ3) is 3.47. The van der Waals surface area contributed by atoms with Crippen LogP contribution < -0.4 is 5.32 Å². The number of nitrogens with one attached hydrogen (secondary N) is 1. The molecule has 28 heavy (non-hydrogen) atoms. The van der Waals surface area contributed by atoms with Gasteiger partial charge >= 0.3 is 0 Å². The molecule has 0 aromatic carbocycles. The van der Waals surface area contributed by atoms with Gasteiger partial charge in [0.05, 0.1) is 18.2 Å². The molecule has 1 aliphatic carbocycles. The standard InChI is InChI=1S/C21H32N4O3/c1-14-23-24-20(27-14)12-25-11-17-16(18-7-8-21(17,13-25)28-18)10-22-19(26)9-15-5-3-2-4-6-15/h15-18H,2-13H2,1H3,(H,22,26)/t16-,17+,18+,21+/m0/s1. The Balaban J connectivity index is 1.16. The number of fused-ring (bicyclic) bond motifs is 1. The number of rotatable bonds is 6. The van der Waals surface area contributed by atoms with Gasteiger partial charge in [0.1, 0.15) is 0 Å². The number of nitrogens with zero attached hydrogens (tertiary/aromatic N) is 3. The van der Waals surface area contributed by atoms with Crippen LogP contribution in [0.4, 0.5) is 0 Å². The van der Waals surface area contributed by atoms with E-state index in [4.69, 9.17) is 9.15 Å². The van der Waals surface area contributed by atoms with Crippen molar-refractivity contribution < 1.29 is 13.9 Å². The van der Waals surface area contributed by atoms with Gasteiger partial charge in [0.2, 0.25) is 17.7 Å². The summed E-state index contributed by atoms with van der Waals surface area (Å²) in [5.41, 5.74) is -0.0293. The van der Waals surface area contributed by atoms with Crippen LogP contribution in [0, 0.1) is 24.7 Å². The molecule has 0 unspecified atom stereocenters. The Morgan fingerprint density at radius 2 is 2.11 bits per heavy atom. The molecule has 1 amide bonds. The molecule has 3 saturated heterocycles. The van der Waals surface area contributed by atoms with Crippen molar-refractivity contribution in [2.75, 3.05) is 19.6 Å². The third-order valence-electron chi connectivity index (χ3n) is 7.51. The molecule has 3 aliphatic heterocycles. The normalized spacial score (nSPS) is 35.4. The zero-order chi connectivity index (χ0) is 19.1. The van der Waals surface area contributed by atoms with Gasteiger partial charge in [-0.1, -0.05) is 19.3 Å². The van der Waals surface area contributed by atoms with E-state index in [1.165, 1.54) is 32.1 Å². The Bertz CT molecular complexity index is 716. The molecule has 4 heterocycles. The lowest BCUT2D eigenvalue weighted by Gasteiger charge is -2.30. The Labute approximate surface area is 166 Å². The molecule has 1 saturated carbocycles. The minimum absolute atomic E-state index is 0.0293. The fourth-order valence-electron chi connectivity index (χ4n) is 6.23. The van der Waals surface area contributed by atoms with E-state index in [9.17, 15) is 4.79 Å². The van der Waals surface area contributed by atoms with E-state index in [-0.39, 0.29) is 11.5 Å². The van der Waals surface area contributed by atoms with Gasteiger partial charge in [0, 0.05) is 44.8 Å². The molecule has 1 spiro atoms. The zero-order valence-electron chi connectivity index (χ0n) is 16.9. The van der Waals surface area contributed by atoms with E-state index in [2.05, 4.69) is 20.4 Å². The third-order valence-corrected chi connectivity index (χ3v) is 7.51. The maximum Gasteiger partial charge on any atom is 0.230 e. The summed E-state index contributed by atoms with van der Waals surface area (Å²) in [4.78, 5) is 14.9. The first kappa shape index (κ1) is 18.6. The van der Waals surface area contributed by atoms with Crippen LogP contribution in [0.25, 0.3) is 0 Å². The summed E-state index contributed by atoms with van der Waals surface area (Å²) in [7, 11) is 0. The second kappa shape index (κ2) is 7.41. The molecule has 7 heteroatoms. The summed E-state index contributed by atoms with van der Waals surface area (Å²) in [6.45, 7) is 5.19. The van der Waals surface area contributed by atoms with Gasteiger partial charge in [-0.3, -0.25) is 9.69 Å². The van der Waals surface area contributed by atoms with E-state index in [0.717, 1.165) is 32.5 Å². The van der Waals surface area contributed by atoms with E-state index in [0.29, 0.717) is 48.6 Å². The predicted molar refractivity (Wildman–Crippen MR) is 102 cm³/mol. The first-order valence-corrected chi connectivity index (χ1v) is 11.1. The average Bonchev–Trinajstić information content (AvgIpc) is 3.42. The van der Waals surface area contributed by atoms with Gasteiger partial charge < -0.3 is 14.5 Å². The van der Waals surface area contributed by atoms with Crippen LogP contribution in [-0.4, -0.2) is 52.3 Å². The number of likely N-dealkylation sites (tertiary alicyclic amines) is 1. The minimum Gasteiger partial charge on any atom is -0.424 e. The summed E-state index contributed by atoms with van der Waals surface area (Å²) in [6, 6.07) is 0. The van der Waals surface area contributed by atoms with Crippen molar-refractivity contribution in [1.29, 1.82) is 0 Å². The van der Waals surface area contributed by atoms with Crippen molar-refractivity contribution in [1.82, 2.24) is 20.4 Å². The number of hydrogen-bond donors (Lipinski definition) is 1. The Kier molecular flexibility index (Phi) is 4.91. The number of carbonyl (C=O) groups excluding carboxylic acids is 1. The lowest BCUT2D eigenvalue weighted by molar-refractivity contribution is -0.122. The van der Waals surface area contributed by atoms with Crippen molar-refractivity contribution in [3.05, 3.63) is 11.8 Å². The summed E-state index contributed by atoms with van der Waals surface area (Å²) in [6.07, 6.45) is 9.62. The van der Waals surface area contributed by atoms with Crippen molar-refractivity contribution in [2.24, 2.45) is 17.8 Å². The number of amides is 1. The molecular weight excluding hydrogens is 356 g/mol. The number of carbonyl (C=O) groups is 1. The molecule has 1 aromatic rings. The Hall–Kier alpha value is -1.47. The van der Waals surface area contributed by atoms with Crippen LogP contribution in [0.2, 0.25) is 0 Å². The van der Waals surface area contributed by atoms with Crippen LogP contribution in [-0.2, 0) is 16.1 Å². The fraction of sp³-hybridized carbons (Fsp3) is 0.857. The number of aromatic nitrogens is 2. The van der Waals surface area contributed by atoms with Gasteiger partial charge in [0.25, 0.3) is 0 Å². The monoisotopic (exact) mass is 388 g/mol. The molecule has 4 atom stereocenters. The van der Waals surface area contributed by atoms with E-state index < -0.39 is 0 Å². The van der Waals surface area contributed by atoms with Crippen molar-refractivity contribution >= 4 is 5.91 Å². The van der Waals surface area contributed by atoms with Gasteiger partial charge in [0.15, 0.2) is 0 Å². The molecule has 4 fully saturated rings. The van der Waals surface area contributed by atoms with Gasteiger partial charge in [-0.05, 0) is 31.6 Å². The largest absolute Gasteiger partial charge is 0.424 e. The molecule has 1 N–H and O–H groups in total. The van der Waals surface area contributed by atoms with E-state index in [1.807, 2.05) is 6.92 Å². The van der Waals surface area contributed by atoms with Crippen LogP contribution >= 0.6 is 0 Å². The number of hydrogen-bond acceptors (Lipinski definition) is 6. The lowest BCUT2D eigenvalue weighted by atomic mass is 9.73. The predicted octanol–water partition coefficient (Wildman–Crippen LogP) is 2.44. The molecular formula is C21H32N4O3. The Morgan fingerprint density at radius 3 is 2.89 bits per heavy atom. The van der Waals surface area contributed by atoms with Gasteiger partial charge in [-0.15, -0.1) is 10.2 Å². The van der Waals surface area contributed by atoms with Gasteiger partial charge in [-0.25, -0.2) is 0 Å². The smallest absolute Gasteiger partial charge is 0.230 e. The first-order chi connectivity index (χ1) is 13.6. The molecule has 5 rings (SSSR count). The highest BCUT2D eigenvalue weighted by atomic mass is 16.5. The highest BCUT2D eigenvalue weighted by molar-refractivity contribution is 5.76. The number of ether oxygens (including phenoxy) is 1. The molecule has 1 aromatic heterocycles. The highest BCUT2D eigenvalue weighted by Crippen LogP contribution is 2.54. The van der Waals surface area contributed by atoms with E-state index in [1.54, 1.807) is 0 Å². The summed E-state index contributed by atoms with van der Waals surface area (Å²) < 4.78 is 12.1. The van der Waals surface area contributed by atoms with Crippen molar-refractivity contribution in [3.8, 4) is 0 Å². The first-order valence-electron chi connectivity index (χ1n) is 11.1. The SMILES string of the molecule is Cc1nnc(CN2C[C@@H]3[C@H](CNC(=O)CC4CCCCC4)[C@H]4CC[C@]3(C2)O4)o1. The van der Waals surface area contributed by atoms with E-state index >= 15 is 0 Å². The van der Waals surface area contributed by atoms with Crippen LogP contribution in [0.15, 0.2) is 4.42 Å². The van der Waals surface area contributed by atoms with Crippen molar-refractivity contribution in [2.45, 2.75) is 76.5 Å². The lowest BCUT2D eigenvalue weighted by Crippen LogP contribution is -2.42. The quantitative estimate of drug-likeness (QED) is 0.806.